The highest BCUT2D eigenvalue weighted by molar-refractivity contribution is 5.95. The van der Waals surface area contributed by atoms with E-state index in [0.29, 0.717) is 6.07 Å². The van der Waals surface area contributed by atoms with Crippen LogP contribution in [-0.4, -0.2) is 11.1 Å². The molecule has 6 heteroatoms. The number of carbonyl (C=O) groups is 1. The number of halogens is 3. The van der Waals surface area contributed by atoms with Crippen LogP contribution in [0.2, 0.25) is 0 Å². The average Bonchev–Trinajstić information content (AvgIpc) is 2.41. The van der Waals surface area contributed by atoms with Crippen molar-refractivity contribution in [2.45, 2.75) is 6.92 Å². The highest BCUT2D eigenvalue weighted by Gasteiger charge is 2.18. The van der Waals surface area contributed by atoms with Gasteiger partial charge < -0.3 is 10.4 Å². The summed E-state index contributed by atoms with van der Waals surface area (Å²) in [5.41, 5.74) is -1.06. The minimum atomic E-state index is -1.24. The molecule has 3 nitrogen and oxygen atoms in total. The Morgan fingerprint density at radius 2 is 1.80 bits per heavy atom. The van der Waals surface area contributed by atoms with Crippen molar-refractivity contribution in [3.8, 4) is 0 Å². The number of carboxylic acid groups (broad SMARTS) is 1. The molecule has 0 aliphatic rings. The van der Waals surface area contributed by atoms with Gasteiger partial charge in [0.25, 0.3) is 0 Å². The van der Waals surface area contributed by atoms with Gasteiger partial charge in [0.05, 0.1) is 11.3 Å². The van der Waals surface area contributed by atoms with E-state index >= 15 is 0 Å². The van der Waals surface area contributed by atoms with Crippen LogP contribution in [0.1, 0.15) is 15.9 Å². The largest absolute Gasteiger partial charge is 0.478 e. The van der Waals surface area contributed by atoms with Gasteiger partial charge in [0, 0.05) is 11.6 Å². The second kappa shape index (κ2) is 5.24. The number of nitrogens with one attached hydrogen (secondary N) is 1. The van der Waals surface area contributed by atoms with Gasteiger partial charge in [-0.25, -0.2) is 18.0 Å². The molecule has 0 amide bonds. The number of benzene rings is 2. The van der Waals surface area contributed by atoms with Crippen LogP contribution in [-0.2, 0) is 0 Å². The summed E-state index contributed by atoms with van der Waals surface area (Å²) in [6, 6.07) is 6.19. The quantitative estimate of drug-likeness (QED) is 0.898. The number of hydrogen-bond donors (Lipinski definition) is 2. The molecular weight excluding hydrogens is 271 g/mol. The summed E-state index contributed by atoms with van der Waals surface area (Å²) in [5, 5.41) is 11.4. The van der Waals surface area contributed by atoms with Crippen LogP contribution < -0.4 is 5.32 Å². The van der Waals surface area contributed by atoms with Gasteiger partial charge in [-0.05, 0) is 19.1 Å². The molecule has 2 aromatic rings. The lowest BCUT2D eigenvalue weighted by molar-refractivity contribution is 0.0698. The van der Waals surface area contributed by atoms with Crippen LogP contribution >= 0.6 is 0 Å². The van der Waals surface area contributed by atoms with Crippen molar-refractivity contribution in [2.24, 2.45) is 0 Å². The fraction of sp³-hybridized carbons (Fsp3) is 0.0714. The number of para-hydroxylation sites is 1. The summed E-state index contributed by atoms with van der Waals surface area (Å²) in [4.78, 5) is 11.0. The van der Waals surface area contributed by atoms with E-state index in [1.165, 1.54) is 31.2 Å². The van der Waals surface area contributed by atoms with Gasteiger partial charge in [-0.15, -0.1) is 0 Å². The molecular formula is C14H10F3NO2. The van der Waals surface area contributed by atoms with Gasteiger partial charge in [-0.3, -0.25) is 0 Å². The summed E-state index contributed by atoms with van der Waals surface area (Å²) < 4.78 is 40.6. The molecule has 0 bridgehead atoms. The van der Waals surface area contributed by atoms with E-state index in [2.05, 4.69) is 5.32 Å². The van der Waals surface area contributed by atoms with Crippen molar-refractivity contribution in [3.63, 3.8) is 0 Å². The van der Waals surface area contributed by atoms with Gasteiger partial charge in [0.15, 0.2) is 11.6 Å². The number of aromatic carboxylic acids is 1. The number of anilines is 2. The Morgan fingerprint density at radius 1 is 1.15 bits per heavy atom. The van der Waals surface area contributed by atoms with E-state index in [1.807, 2.05) is 0 Å². The van der Waals surface area contributed by atoms with Gasteiger partial charge in [0.2, 0.25) is 0 Å². The van der Waals surface area contributed by atoms with E-state index in [4.69, 9.17) is 5.11 Å². The lowest BCUT2D eigenvalue weighted by atomic mass is 10.1. The molecule has 0 aliphatic carbocycles. The van der Waals surface area contributed by atoms with E-state index < -0.39 is 29.1 Å². The predicted octanol–water partition coefficient (Wildman–Crippen LogP) is 3.85. The Balaban J connectivity index is 2.51. The second-order valence-corrected chi connectivity index (χ2v) is 4.13. The summed E-state index contributed by atoms with van der Waals surface area (Å²) in [7, 11) is 0. The molecule has 0 aliphatic heterocycles. The summed E-state index contributed by atoms with van der Waals surface area (Å²) in [6.45, 7) is 1.17. The Bertz CT molecular complexity index is 686. The molecule has 0 spiro atoms. The van der Waals surface area contributed by atoms with Crippen LogP contribution in [0.15, 0.2) is 30.3 Å². The fourth-order valence-electron chi connectivity index (χ4n) is 1.72. The number of rotatable bonds is 3. The van der Waals surface area contributed by atoms with Crippen LogP contribution in [0.3, 0.4) is 0 Å². The fourth-order valence-corrected chi connectivity index (χ4v) is 1.72. The summed E-state index contributed by atoms with van der Waals surface area (Å²) in [5.74, 6) is -4.47. The Morgan fingerprint density at radius 3 is 2.45 bits per heavy atom. The minimum absolute atomic E-state index is 0.0174. The van der Waals surface area contributed by atoms with Crippen LogP contribution in [0.4, 0.5) is 24.5 Å². The highest BCUT2D eigenvalue weighted by atomic mass is 19.1. The minimum Gasteiger partial charge on any atom is -0.478 e. The van der Waals surface area contributed by atoms with Crippen molar-refractivity contribution >= 4 is 17.3 Å². The van der Waals surface area contributed by atoms with Crippen LogP contribution in [0, 0.1) is 24.4 Å². The van der Waals surface area contributed by atoms with Crippen molar-refractivity contribution in [3.05, 3.63) is 58.9 Å². The van der Waals surface area contributed by atoms with Crippen molar-refractivity contribution < 1.29 is 23.1 Å². The van der Waals surface area contributed by atoms with Gasteiger partial charge in [-0.2, -0.15) is 0 Å². The molecule has 0 unspecified atom stereocenters. The maximum Gasteiger partial charge on any atom is 0.337 e. The lowest BCUT2D eigenvalue weighted by Gasteiger charge is -2.12. The highest BCUT2D eigenvalue weighted by Crippen LogP contribution is 2.28. The maximum absolute atomic E-state index is 13.9. The molecule has 20 heavy (non-hydrogen) atoms. The SMILES string of the molecule is Cc1c(F)cc(F)c(Nc2ccccc2C(=O)O)c1F. The van der Waals surface area contributed by atoms with Gasteiger partial charge in [0.1, 0.15) is 11.5 Å². The Hall–Kier alpha value is -2.50. The molecule has 0 saturated carbocycles. The number of hydrogen-bond acceptors (Lipinski definition) is 2. The summed E-state index contributed by atoms with van der Waals surface area (Å²) >= 11 is 0. The van der Waals surface area contributed by atoms with Crippen molar-refractivity contribution in [1.82, 2.24) is 0 Å². The van der Waals surface area contributed by atoms with Crippen molar-refractivity contribution in [1.29, 1.82) is 0 Å². The first-order valence-corrected chi connectivity index (χ1v) is 5.65. The normalized spacial score (nSPS) is 10.4. The van der Waals surface area contributed by atoms with Crippen LogP contribution in [0.5, 0.6) is 0 Å². The molecule has 0 fully saturated rings. The van der Waals surface area contributed by atoms with Gasteiger partial charge in [-0.1, -0.05) is 12.1 Å². The molecule has 2 N–H and O–H groups in total. The molecule has 104 valence electrons. The third-order valence-electron chi connectivity index (χ3n) is 2.82. The third-order valence-corrected chi connectivity index (χ3v) is 2.82. The second-order valence-electron chi connectivity index (χ2n) is 4.13. The van der Waals surface area contributed by atoms with Crippen molar-refractivity contribution in [2.75, 3.05) is 5.32 Å². The first-order valence-electron chi connectivity index (χ1n) is 5.65. The van der Waals surface area contributed by atoms with Crippen LogP contribution in [0.25, 0.3) is 0 Å². The molecule has 0 radical (unpaired) electrons. The average molecular weight is 281 g/mol. The zero-order valence-corrected chi connectivity index (χ0v) is 10.4. The lowest BCUT2D eigenvalue weighted by Crippen LogP contribution is -2.06. The summed E-state index contributed by atoms with van der Waals surface area (Å²) in [6.07, 6.45) is 0. The van der Waals surface area contributed by atoms with E-state index in [9.17, 15) is 18.0 Å². The molecule has 0 aromatic heterocycles. The zero-order chi connectivity index (χ0) is 14.9. The molecule has 2 aromatic carbocycles. The molecule has 0 saturated heterocycles. The van der Waals surface area contributed by atoms with E-state index in [-0.39, 0.29) is 16.8 Å². The molecule has 0 heterocycles. The van der Waals surface area contributed by atoms with E-state index in [0.717, 1.165) is 0 Å². The molecule has 2 rings (SSSR count). The van der Waals surface area contributed by atoms with E-state index in [1.54, 1.807) is 0 Å². The standard InChI is InChI=1S/C14H10F3NO2/c1-7-9(15)6-10(16)13(12(7)17)18-11-5-3-2-4-8(11)14(19)20/h2-6,18H,1H3,(H,19,20). The predicted molar refractivity (Wildman–Crippen MR) is 67.7 cm³/mol. The first kappa shape index (κ1) is 13.9. The Labute approximate surface area is 112 Å². The maximum atomic E-state index is 13.9. The third kappa shape index (κ3) is 2.45. The first-order chi connectivity index (χ1) is 9.41. The Kier molecular flexibility index (Phi) is 3.65. The zero-order valence-electron chi connectivity index (χ0n) is 10.4. The monoisotopic (exact) mass is 281 g/mol. The topological polar surface area (TPSA) is 49.3 Å². The van der Waals surface area contributed by atoms with Gasteiger partial charge >= 0.3 is 5.97 Å². The smallest absolute Gasteiger partial charge is 0.337 e. The number of carboxylic acids is 1. The molecule has 0 atom stereocenters.